The quantitative estimate of drug-likeness (QED) is 0.574. The van der Waals surface area contributed by atoms with E-state index in [4.69, 9.17) is 16.3 Å². The van der Waals surface area contributed by atoms with Crippen molar-refractivity contribution in [1.82, 2.24) is 0 Å². The third kappa shape index (κ3) is 3.93. The van der Waals surface area contributed by atoms with Crippen molar-refractivity contribution in [2.24, 2.45) is 0 Å². The molecule has 1 N–H and O–H groups in total. The number of terminal acetylenes is 1. The molecule has 0 atom stereocenters. The zero-order chi connectivity index (χ0) is 11.8. The van der Waals surface area contributed by atoms with E-state index in [1.807, 2.05) is 31.3 Å². The van der Waals surface area contributed by atoms with Gasteiger partial charge >= 0.3 is 0 Å². The minimum absolute atomic E-state index is 0.0658. The zero-order valence-electron chi connectivity index (χ0n) is 9.52. The van der Waals surface area contributed by atoms with E-state index in [0.717, 1.165) is 17.8 Å². The van der Waals surface area contributed by atoms with Crippen LogP contribution in [0.5, 0.6) is 0 Å². The van der Waals surface area contributed by atoms with Crippen LogP contribution in [0.25, 0.3) is 0 Å². The summed E-state index contributed by atoms with van der Waals surface area (Å²) in [6.07, 6.45) is 5.34. The predicted octanol–water partition coefficient (Wildman–Crippen LogP) is 1.11. The number of hydrogen-bond acceptors (Lipinski definition) is 3. The van der Waals surface area contributed by atoms with Gasteiger partial charge in [-0.25, -0.2) is 0 Å². The van der Waals surface area contributed by atoms with Crippen LogP contribution >= 0.6 is 0 Å². The number of hydrogen-bond donors (Lipinski definition) is 1. The van der Waals surface area contributed by atoms with Crippen LogP contribution in [0.1, 0.15) is 5.56 Å². The normalized spacial score (nSPS) is 9.81. The van der Waals surface area contributed by atoms with E-state index in [0.29, 0.717) is 13.2 Å². The molecule has 0 radical (unpaired) electrons. The van der Waals surface area contributed by atoms with Crippen LogP contribution in [0.3, 0.4) is 0 Å². The Morgan fingerprint density at radius 3 is 2.94 bits per heavy atom. The number of anilines is 1. The molecule has 0 aliphatic carbocycles. The molecule has 1 rings (SSSR count). The molecule has 0 heterocycles. The Hall–Kier alpha value is -1.50. The van der Waals surface area contributed by atoms with Crippen molar-refractivity contribution in [3.05, 3.63) is 29.8 Å². The highest BCUT2D eigenvalue weighted by molar-refractivity contribution is 5.51. The van der Waals surface area contributed by atoms with Crippen LogP contribution in [0.4, 0.5) is 5.69 Å². The van der Waals surface area contributed by atoms with E-state index in [1.54, 1.807) is 0 Å². The molecule has 0 amide bonds. The minimum atomic E-state index is 0.0658. The molecule has 0 bridgehead atoms. The maximum absolute atomic E-state index is 8.56. The summed E-state index contributed by atoms with van der Waals surface area (Å²) < 4.78 is 5.20. The van der Waals surface area contributed by atoms with Crippen LogP contribution in [-0.2, 0) is 4.74 Å². The highest BCUT2D eigenvalue weighted by atomic mass is 16.5. The van der Waals surface area contributed by atoms with E-state index in [1.165, 1.54) is 0 Å². The van der Waals surface area contributed by atoms with Gasteiger partial charge in [0.2, 0.25) is 0 Å². The van der Waals surface area contributed by atoms with Crippen LogP contribution in [0.2, 0.25) is 0 Å². The summed E-state index contributed by atoms with van der Waals surface area (Å²) in [6.45, 7) is 1.82. The molecule has 1 aromatic rings. The third-order valence-corrected chi connectivity index (χ3v) is 2.26. The number of rotatable bonds is 6. The predicted molar refractivity (Wildman–Crippen MR) is 65.6 cm³/mol. The molecule has 1 aromatic carbocycles. The Bertz CT molecular complexity index is 357. The minimum Gasteiger partial charge on any atom is -0.394 e. The van der Waals surface area contributed by atoms with E-state index in [-0.39, 0.29) is 6.61 Å². The average Bonchev–Trinajstić information content (AvgIpc) is 2.34. The average molecular weight is 219 g/mol. The first-order chi connectivity index (χ1) is 7.77. The van der Waals surface area contributed by atoms with Crippen molar-refractivity contribution >= 4 is 5.69 Å². The molecule has 0 unspecified atom stereocenters. The molecule has 0 spiro atoms. The van der Waals surface area contributed by atoms with Crippen LogP contribution in [0, 0.1) is 12.3 Å². The number of aliphatic hydroxyl groups excluding tert-OH is 1. The molecule has 0 saturated carbocycles. The van der Waals surface area contributed by atoms with Crippen LogP contribution in [0.15, 0.2) is 24.3 Å². The second-order valence-electron chi connectivity index (χ2n) is 3.45. The largest absolute Gasteiger partial charge is 0.394 e. The standard InChI is InChI=1S/C13H17NO2/c1-3-12-5-4-6-13(11-12)14(2)7-9-16-10-8-15/h1,4-6,11,15H,7-10H2,2H3. The van der Waals surface area contributed by atoms with Gasteiger partial charge in [-0.2, -0.15) is 0 Å². The molecular formula is C13H17NO2. The van der Waals surface area contributed by atoms with E-state index >= 15 is 0 Å². The van der Waals surface area contributed by atoms with Gasteiger partial charge in [-0.05, 0) is 18.2 Å². The molecular weight excluding hydrogens is 202 g/mol. The zero-order valence-corrected chi connectivity index (χ0v) is 9.52. The molecule has 0 fully saturated rings. The van der Waals surface area contributed by atoms with Crippen molar-refractivity contribution in [3.63, 3.8) is 0 Å². The maximum Gasteiger partial charge on any atom is 0.0698 e. The van der Waals surface area contributed by atoms with Crippen molar-refractivity contribution in [2.45, 2.75) is 0 Å². The van der Waals surface area contributed by atoms with Crippen LogP contribution in [-0.4, -0.2) is 38.5 Å². The Labute approximate surface area is 96.7 Å². The van der Waals surface area contributed by atoms with Gasteiger partial charge in [-0.1, -0.05) is 12.0 Å². The second-order valence-corrected chi connectivity index (χ2v) is 3.45. The Balaban J connectivity index is 2.46. The monoisotopic (exact) mass is 219 g/mol. The SMILES string of the molecule is C#Cc1cccc(N(C)CCOCCO)c1. The number of benzene rings is 1. The van der Waals surface area contributed by atoms with E-state index in [9.17, 15) is 0 Å². The van der Waals surface area contributed by atoms with Gasteiger partial charge in [0, 0.05) is 24.8 Å². The summed E-state index contributed by atoms with van der Waals surface area (Å²) in [4.78, 5) is 2.07. The lowest BCUT2D eigenvalue weighted by molar-refractivity contribution is 0.0971. The lowest BCUT2D eigenvalue weighted by Crippen LogP contribution is -2.23. The summed E-state index contributed by atoms with van der Waals surface area (Å²) in [7, 11) is 1.98. The molecule has 3 nitrogen and oxygen atoms in total. The first-order valence-electron chi connectivity index (χ1n) is 5.24. The Kier molecular flexibility index (Phi) is 5.41. The summed E-state index contributed by atoms with van der Waals surface area (Å²) >= 11 is 0. The maximum atomic E-state index is 8.56. The first kappa shape index (κ1) is 12.6. The Morgan fingerprint density at radius 1 is 1.44 bits per heavy atom. The van der Waals surface area contributed by atoms with E-state index in [2.05, 4.69) is 10.8 Å². The highest BCUT2D eigenvalue weighted by Crippen LogP contribution is 2.13. The van der Waals surface area contributed by atoms with Gasteiger partial charge in [-0.3, -0.25) is 0 Å². The van der Waals surface area contributed by atoms with Crippen molar-refractivity contribution in [2.75, 3.05) is 38.3 Å². The third-order valence-electron chi connectivity index (χ3n) is 2.26. The van der Waals surface area contributed by atoms with Crippen molar-refractivity contribution < 1.29 is 9.84 Å². The number of likely N-dealkylation sites (N-methyl/N-ethyl adjacent to an activating group) is 1. The summed E-state index contributed by atoms with van der Waals surface area (Å²) in [6, 6.07) is 7.81. The molecule has 16 heavy (non-hydrogen) atoms. The lowest BCUT2D eigenvalue weighted by Gasteiger charge is -2.19. The molecule has 0 aliphatic rings. The van der Waals surface area contributed by atoms with Gasteiger partial charge in [-0.15, -0.1) is 6.42 Å². The Morgan fingerprint density at radius 2 is 2.25 bits per heavy atom. The van der Waals surface area contributed by atoms with Crippen LogP contribution < -0.4 is 4.90 Å². The summed E-state index contributed by atoms with van der Waals surface area (Å²) in [5, 5.41) is 8.56. The van der Waals surface area contributed by atoms with Gasteiger partial charge in [0.1, 0.15) is 0 Å². The van der Waals surface area contributed by atoms with Gasteiger partial charge in [0.05, 0.1) is 19.8 Å². The van der Waals surface area contributed by atoms with Crippen molar-refractivity contribution in [3.8, 4) is 12.3 Å². The number of nitrogens with zero attached hydrogens (tertiary/aromatic N) is 1. The number of ether oxygens (including phenoxy) is 1. The van der Waals surface area contributed by atoms with Gasteiger partial charge < -0.3 is 14.7 Å². The second kappa shape index (κ2) is 6.89. The van der Waals surface area contributed by atoms with E-state index < -0.39 is 0 Å². The molecule has 0 aromatic heterocycles. The fourth-order valence-corrected chi connectivity index (χ4v) is 1.33. The summed E-state index contributed by atoms with van der Waals surface area (Å²) in [5.41, 5.74) is 1.95. The van der Waals surface area contributed by atoms with Crippen molar-refractivity contribution in [1.29, 1.82) is 0 Å². The summed E-state index contributed by atoms with van der Waals surface area (Å²) in [5.74, 6) is 2.61. The fourth-order valence-electron chi connectivity index (χ4n) is 1.33. The molecule has 0 aliphatic heterocycles. The smallest absolute Gasteiger partial charge is 0.0698 e. The van der Waals surface area contributed by atoms with Gasteiger partial charge in [0.15, 0.2) is 0 Å². The van der Waals surface area contributed by atoms with Gasteiger partial charge in [0.25, 0.3) is 0 Å². The topological polar surface area (TPSA) is 32.7 Å². The number of aliphatic hydroxyl groups is 1. The highest BCUT2D eigenvalue weighted by Gasteiger charge is 2.00. The molecule has 3 heteroatoms. The fraction of sp³-hybridized carbons (Fsp3) is 0.385. The molecule has 86 valence electrons. The first-order valence-corrected chi connectivity index (χ1v) is 5.24. The lowest BCUT2D eigenvalue weighted by atomic mass is 10.2. The molecule has 0 saturated heterocycles.